The normalized spacial score (nSPS) is 12.3. The Balaban J connectivity index is 1.91. The van der Waals surface area contributed by atoms with Gasteiger partial charge in [0.1, 0.15) is 0 Å². The maximum Gasteiger partial charge on any atom is 0.315 e. The van der Waals surface area contributed by atoms with Crippen molar-refractivity contribution in [3.8, 4) is 0 Å². The Hall–Kier alpha value is -2.31. The number of nitrogens with one attached hydrogen (secondary N) is 2. The molecule has 1 unspecified atom stereocenters. The molecule has 0 aromatic carbocycles. The van der Waals surface area contributed by atoms with E-state index in [9.17, 15) is 4.79 Å². The van der Waals surface area contributed by atoms with Crippen LogP contribution in [0.5, 0.6) is 0 Å². The van der Waals surface area contributed by atoms with Gasteiger partial charge in [-0.25, -0.2) is 4.79 Å². The van der Waals surface area contributed by atoms with Crippen molar-refractivity contribution in [3.63, 3.8) is 0 Å². The summed E-state index contributed by atoms with van der Waals surface area (Å²) in [6.45, 7) is 13.5. The van der Waals surface area contributed by atoms with E-state index in [0.29, 0.717) is 6.54 Å². The summed E-state index contributed by atoms with van der Waals surface area (Å²) in [6.07, 6.45) is 0.769. The molecule has 0 saturated carbocycles. The standard InChI is InChI=1S/C18H30N6O/c1-8-24-15(6)17(13(4)22-24)10-19-18(25)20-11(2)9-16-12(3)21-23(7)14(16)5/h11H,8-10H2,1-7H3,(H2,19,20,25). The first-order chi connectivity index (χ1) is 11.7. The lowest BCUT2D eigenvalue weighted by atomic mass is 10.1. The van der Waals surface area contributed by atoms with Crippen LogP contribution in [0.2, 0.25) is 0 Å². The number of hydrogen-bond donors (Lipinski definition) is 2. The Morgan fingerprint density at radius 2 is 1.72 bits per heavy atom. The number of hydrogen-bond acceptors (Lipinski definition) is 3. The van der Waals surface area contributed by atoms with E-state index in [-0.39, 0.29) is 12.1 Å². The predicted octanol–water partition coefficient (Wildman–Crippen LogP) is 2.30. The summed E-state index contributed by atoms with van der Waals surface area (Å²) in [5, 5.41) is 14.9. The lowest BCUT2D eigenvalue weighted by molar-refractivity contribution is 0.237. The molecule has 7 nitrogen and oxygen atoms in total. The molecule has 0 aliphatic rings. The minimum absolute atomic E-state index is 0.0298. The van der Waals surface area contributed by atoms with Crippen LogP contribution in [0.1, 0.15) is 47.8 Å². The average Bonchev–Trinajstić information content (AvgIpc) is 2.95. The molecule has 2 amide bonds. The van der Waals surface area contributed by atoms with Gasteiger partial charge in [-0.2, -0.15) is 10.2 Å². The topological polar surface area (TPSA) is 76.8 Å². The molecular formula is C18H30N6O. The summed E-state index contributed by atoms with van der Waals surface area (Å²) in [5.74, 6) is 0. The monoisotopic (exact) mass is 346 g/mol. The molecule has 1 atom stereocenters. The van der Waals surface area contributed by atoms with Crippen molar-refractivity contribution in [1.29, 1.82) is 0 Å². The molecule has 25 heavy (non-hydrogen) atoms. The Labute approximate surface area is 149 Å². The lowest BCUT2D eigenvalue weighted by Gasteiger charge is -2.15. The van der Waals surface area contributed by atoms with Crippen LogP contribution in [-0.2, 0) is 26.6 Å². The van der Waals surface area contributed by atoms with Gasteiger partial charge in [-0.05, 0) is 53.5 Å². The molecular weight excluding hydrogens is 316 g/mol. The summed E-state index contributed by atoms with van der Waals surface area (Å²) in [6, 6.07) is -0.128. The maximum absolute atomic E-state index is 12.2. The highest BCUT2D eigenvalue weighted by Crippen LogP contribution is 2.14. The first-order valence-electron chi connectivity index (χ1n) is 8.80. The van der Waals surface area contributed by atoms with Crippen LogP contribution in [-0.4, -0.2) is 31.6 Å². The SMILES string of the molecule is CCn1nc(C)c(CNC(=O)NC(C)Cc2c(C)nn(C)c2C)c1C. The van der Waals surface area contributed by atoms with Gasteiger partial charge in [0.25, 0.3) is 0 Å². The molecule has 138 valence electrons. The Kier molecular flexibility index (Phi) is 5.87. The molecule has 0 saturated heterocycles. The fraction of sp³-hybridized carbons (Fsp3) is 0.611. The molecule has 0 bridgehead atoms. The number of carbonyl (C=O) groups excluding carboxylic acids is 1. The molecule has 2 rings (SSSR count). The Morgan fingerprint density at radius 3 is 2.24 bits per heavy atom. The number of rotatable bonds is 6. The van der Waals surface area contributed by atoms with Crippen LogP contribution in [0, 0.1) is 27.7 Å². The number of carbonyl (C=O) groups is 1. The molecule has 7 heteroatoms. The predicted molar refractivity (Wildman–Crippen MR) is 98.6 cm³/mol. The Bertz CT molecular complexity index is 758. The zero-order valence-corrected chi connectivity index (χ0v) is 16.4. The first kappa shape index (κ1) is 19.0. The van der Waals surface area contributed by atoms with Gasteiger partial charge in [-0.3, -0.25) is 9.36 Å². The molecule has 0 radical (unpaired) electrons. The Morgan fingerprint density at radius 1 is 1.08 bits per heavy atom. The highest BCUT2D eigenvalue weighted by Gasteiger charge is 2.16. The van der Waals surface area contributed by atoms with Crippen molar-refractivity contribution in [2.24, 2.45) is 7.05 Å². The number of urea groups is 1. The highest BCUT2D eigenvalue weighted by molar-refractivity contribution is 5.74. The van der Waals surface area contributed by atoms with Crippen molar-refractivity contribution in [2.45, 2.75) is 67.1 Å². The van der Waals surface area contributed by atoms with E-state index in [0.717, 1.165) is 41.3 Å². The molecule has 2 heterocycles. The van der Waals surface area contributed by atoms with Gasteiger partial charge in [0, 0.05) is 43.1 Å². The number of aromatic nitrogens is 4. The third kappa shape index (κ3) is 4.21. The number of aryl methyl sites for hydroxylation is 4. The summed E-state index contributed by atoms with van der Waals surface area (Å²) >= 11 is 0. The summed E-state index contributed by atoms with van der Waals surface area (Å²) in [5.41, 5.74) is 6.52. The average molecular weight is 346 g/mol. The molecule has 2 N–H and O–H groups in total. The van der Waals surface area contributed by atoms with E-state index in [2.05, 4.69) is 34.7 Å². The van der Waals surface area contributed by atoms with Crippen molar-refractivity contribution in [2.75, 3.05) is 0 Å². The van der Waals surface area contributed by atoms with E-state index in [1.807, 2.05) is 44.1 Å². The largest absolute Gasteiger partial charge is 0.335 e. The van der Waals surface area contributed by atoms with E-state index in [1.54, 1.807) is 0 Å². The highest BCUT2D eigenvalue weighted by atomic mass is 16.2. The van der Waals surface area contributed by atoms with Crippen molar-refractivity contribution in [1.82, 2.24) is 30.2 Å². The van der Waals surface area contributed by atoms with Gasteiger partial charge >= 0.3 is 6.03 Å². The minimum atomic E-state index is -0.158. The zero-order chi connectivity index (χ0) is 18.7. The van der Waals surface area contributed by atoms with E-state index < -0.39 is 0 Å². The van der Waals surface area contributed by atoms with Crippen LogP contribution in [0.4, 0.5) is 4.79 Å². The van der Waals surface area contributed by atoms with Gasteiger partial charge < -0.3 is 10.6 Å². The maximum atomic E-state index is 12.2. The first-order valence-corrected chi connectivity index (χ1v) is 8.80. The van der Waals surface area contributed by atoms with Crippen molar-refractivity contribution < 1.29 is 4.79 Å². The molecule has 0 aliphatic heterocycles. The third-order valence-corrected chi connectivity index (χ3v) is 4.80. The number of amides is 2. The van der Waals surface area contributed by atoms with E-state index in [1.165, 1.54) is 5.56 Å². The molecule has 0 aliphatic carbocycles. The van der Waals surface area contributed by atoms with Crippen LogP contribution in [0.3, 0.4) is 0 Å². The van der Waals surface area contributed by atoms with Crippen molar-refractivity contribution in [3.05, 3.63) is 33.9 Å². The van der Waals surface area contributed by atoms with E-state index in [4.69, 9.17) is 0 Å². The number of nitrogens with zero attached hydrogens (tertiary/aromatic N) is 4. The fourth-order valence-electron chi connectivity index (χ4n) is 3.21. The van der Waals surface area contributed by atoms with Crippen LogP contribution < -0.4 is 10.6 Å². The van der Waals surface area contributed by atoms with Gasteiger partial charge in [0.2, 0.25) is 0 Å². The van der Waals surface area contributed by atoms with Gasteiger partial charge in [-0.15, -0.1) is 0 Å². The second kappa shape index (κ2) is 7.72. The third-order valence-electron chi connectivity index (χ3n) is 4.80. The van der Waals surface area contributed by atoms with Crippen molar-refractivity contribution >= 4 is 6.03 Å². The smallest absolute Gasteiger partial charge is 0.315 e. The van der Waals surface area contributed by atoms with E-state index >= 15 is 0 Å². The second-order valence-electron chi connectivity index (χ2n) is 6.67. The minimum Gasteiger partial charge on any atom is -0.335 e. The van der Waals surface area contributed by atoms with Gasteiger partial charge in [0.15, 0.2) is 0 Å². The molecule has 0 fully saturated rings. The lowest BCUT2D eigenvalue weighted by Crippen LogP contribution is -2.41. The summed E-state index contributed by atoms with van der Waals surface area (Å²) in [7, 11) is 1.94. The van der Waals surface area contributed by atoms with Crippen LogP contribution >= 0.6 is 0 Å². The van der Waals surface area contributed by atoms with Gasteiger partial charge in [0.05, 0.1) is 11.4 Å². The van der Waals surface area contributed by atoms with Crippen LogP contribution in [0.25, 0.3) is 0 Å². The summed E-state index contributed by atoms with van der Waals surface area (Å²) in [4.78, 5) is 12.2. The summed E-state index contributed by atoms with van der Waals surface area (Å²) < 4.78 is 3.84. The molecule has 2 aromatic rings. The fourth-order valence-corrected chi connectivity index (χ4v) is 3.21. The van der Waals surface area contributed by atoms with Crippen LogP contribution in [0.15, 0.2) is 0 Å². The second-order valence-corrected chi connectivity index (χ2v) is 6.67. The molecule has 2 aromatic heterocycles. The molecule has 0 spiro atoms. The quantitative estimate of drug-likeness (QED) is 0.842. The van der Waals surface area contributed by atoms with Gasteiger partial charge in [-0.1, -0.05) is 0 Å². The zero-order valence-electron chi connectivity index (χ0n) is 16.4.